The lowest BCUT2D eigenvalue weighted by Gasteiger charge is -2.08. The van der Waals surface area contributed by atoms with E-state index in [4.69, 9.17) is 9.47 Å². The number of hydrogen-bond acceptors (Lipinski definition) is 3. The number of thioether (sulfide) groups is 1. The van der Waals surface area contributed by atoms with Crippen LogP contribution in [0.4, 0.5) is 0 Å². The van der Waals surface area contributed by atoms with Crippen LogP contribution in [-0.2, 0) is 0 Å². The number of unbranched alkanes of at least 4 members (excludes halogenated alkanes) is 1. The molecule has 0 radical (unpaired) electrons. The van der Waals surface area contributed by atoms with Crippen molar-refractivity contribution in [2.45, 2.75) is 25.4 Å². The molecule has 0 spiro atoms. The highest BCUT2D eigenvalue weighted by Gasteiger charge is 2.23. The third-order valence-electron chi connectivity index (χ3n) is 2.05. The van der Waals surface area contributed by atoms with Crippen molar-refractivity contribution in [1.82, 2.24) is 0 Å². The van der Waals surface area contributed by atoms with Gasteiger partial charge in [0, 0.05) is 5.75 Å². The molecule has 0 fully saturated rings. The van der Waals surface area contributed by atoms with Gasteiger partial charge in [-0.3, -0.25) is 0 Å². The molecule has 0 unspecified atom stereocenters. The fourth-order valence-electron chi connectivity index (χ4n) is 1.27. The van der Waals surface area contributed by atoms with E-state index in [1.807, 2.05) is 24.3 Å². The number of fused-ring (bicyclic) bond motifs is 1. The summed E-state index contributed by atoms with van der Waals surface area (Å²) in [5, 5.41) is 0. The lowest BCUT2D eigenvalue weighted by Crippen LogP contribution is -2.13. The van der Waals surface area contributed by atoms with Crippen LogP contribution < -0.4 is 9.47 Å². The van der Waals surface area contributed by atoms with Gasteiger partial charge in [0.25, 0.3) is 5.62 Å². The molecule has 0 bridgehead atoms. The second-order valence-electron chi connectivity index (χ2n) is 3.20. The van der Waals surface area contributed by atoms with E-state index in [1.54, 1.807) is 11.8 Å². The quantitative estimate of drug-likeness (QED) is 0.710. The lowest BCUT2D eigenvalue weighted by molar-refractivity contribution is 0.136. The topological polar surface area (TPSA) is 18.5 Å². The van der Waals surface area contributed by atoms with Gasteiger partial charge in [0.05, 0.1) is 0 Å². The summed E-state index contributed by atoms with van der Waals surface area (Å²) in [6, 6.07) is 7.80. The van der Waals surface area contributed by atoms with Crippen molar-refractivity contribution in [2.24, 2.45) is 0 Å². The van der Waals surface area contributed by atoms with Crippen molar-refractivity contribution >= 4 is 11.8 Å². The van der Waals surface area contributed by atoms with Crippen molar-refractivity contribution in [3.05, 3.63) is 24.3 Å². The number of para-hydroxylation sites is 2. The number of ether oxygens (including phenoxy) is 2. The maximum atomic E-state index is 5.59. The molecule has 0 aliphatic carbocycles. The van der Waals surface area contributed by atoms with Crippen LogP contribution in [-0.4, -0.2) is 11.4 Å². The maximum Gasteiger partial charge on any atom is 0.291 e. The molecular weight excluding hydrogens is 196 g/mol. The molecule has 1 aliphatic heterocycles. The van der Waals surface area contributed by atoms with Gasteiger partial charge >= 0.3 is 0 Å². The van der Waals surface area contributed by atoms with E-state index in [2.05, 4.69) is 6.92 Å². The Morgan fingerprint density at radius 3 is 2.43 bits per heavy atom. The Hall–Kier alpha value is -0.830. The normalized spacial score (nSPS) is 14.6. The minimum atomic E-state index is -0.140. The summed E-state index contributed by atoms with van der Waals surface area (Å²) in [6.45, 7) is 2.19. The van der Waals surface area contributed by atoms with Crippen molar-refractivity contribution in [3.8, 4) is 11.5 Å². The first-order valence-electron chi connectivity index (χ1n) is 4.94. The molecule has 0 atom stereocenters. The zero-order chi connectivity index (χ0) is 9.80. The van der Waals surface area contributed by atoms with E-state index in [9.17, 15) is 0 Å². The zero-order valence-corrected chi connectivity index (χ0v) is 9.05. The van der Waals surface area contributed by atoms with Crippen molar-refractivity contribution in [1.29, 1.82) is 0 Å². The van der Waals surface area contributed by atoms with Gasteiger partial charge in [-0.15, -0.1) is 0 Å². The predicted octanol–water partition coefficient (Wildman–Crippen LogP) is 3.27. The molecule has 0 saturated carbocycles. The van der Waals surface area contributed by atoms with Crippen LogP contribution in [0.15, 0.2) is 24.3 Å². The van der Waals surface area contributed by atoms with E-state index in [0.29, 0.717) is 0 Å². The molecule has 2 nitrogen and oxygen atoms in total. The molecule has 76 valence electrons. The summed E-state index contributed by atoms with van der Waals surface area (Å²) in [5.41, 5.74) is -0.140. The molecule has 2 rings (SSSR count). The Labute approximate surface area is 88.6 Å². The zero-order valence-electron chi connectivity index (χ0n) is 8.23. The molecule has 1 heterocycles. The standard InChI is InChI=1S/C11H14O2S/c1-2-3-8-14-11-12-9-6-4-5-7-10(9)13-11/h4-7,11H,2-3,8H2,1H3. The lowest BCUT2D eigenvalue weighted by atomic mass is 10.3. The van der Waals surface area contributed by atoms with Crippen LogP contribution in [0.2, 0.25) is 0 Å². The molecule has 0 aromatic heterocycles. The molecule has 1 aliphatic rings. The van der Waals surface area contributed by atoms with E-state index in [-0.39, 0.29) is 5.62 Å². The van der Waals surface area contributed by atoms with Gasteiger partial charge in [-0.05, 0) is 18.6 Å². The Morgan fingerprint density at radius 1 is 1.21 bits per heavy atom. The molecule has 14 heavy (non-hydrogen) atoms. The predicted molar refractivity (Wildman–Crippen MR) is 58.9 cm³/mol. The Bertz CT molecular complexity index is 276. The van der Waals surface area contributed by atoms with Gasteiger partial charge in [0.15, 0.2) is 11.5 Å². The highest BCUT2D eigenvalue weighted by Crippen LogP contribution is 2.37. The molecule has 1 aromatic rings. The molecular formula is C11H14O2S. The minimum Gasteiger partial charge on any atom is -0.442 e. The monoisotopic (exact) mass is 210 g/mol. The summed E-state index contributed by atoms with van der Waals surface area (Å²) < 4.78 is 11.2. The van der Waals surface area contributed by atoms with Crippen LogP contribution >= 0.6 is 11.8 Å². The van der Waals surface area contributed by atoms with Crippen molar-refractivity contribution in [2.75, 3.05) is 5.75 Å². The molecule has 3 heteroatoms. The highest BCUT2D eigenvalue weighted by atomic mass is 32.2. The molecule has 0 saturated heterocycles. The van der Waals surface area contributed by atoms with E-state index in [1.165, 1.54) is 12.8 Å². The average Bonchev–Trinajstić information content (AvgIpc) is 2.60. The maximum absolute atomic E-state index is 5.59. The molecule has 0 N–H and O–H groups in total. The van der Waals surface area contributed by atoms with E-state index < -0.39 is 0 Å². The van der Waals surface area contributed by atoms with Crippen LogP contribution in [0.1, 0.15) is 19.8 Å². The minimum absolute atomic E-state index is 0.140. The third kappa shape index (κ3) is 2.15. The average molecular weight is 210 g/mol. The Kier molecular flexibility index (Phi) is 3.19. The second kappa shape index (κ2) is 4.60. The summed E-state index contributed by atoms with van der Waals surface area (Å²) in [4.78, 5) is 0. The van der Waals surface area contributed by atoms with Gasteiger partial charge in [-0.1, -0.05) is 37.2 Å². The van der Waals surface area contributed by atoms with Crippen LogP contribution in [0, 0.1) is 0 Å². The fraction of sp³-hybridized carbons (Fsp3) is 0.455. The van der Waals surface area contributed by atoms with Gasteiger partial charge in [-0.25, -0.2) is 0 Å². The van der Waals surface area contributed by atoms with Gasteiger partial charge < -0.3 is 9.47 Å². The van der Waals surface area contributed by atoms with Gasteiger partial charge in [0.2, 0.25) is 0 Å². The van der Waals surface area contributed by atoms with Gasteiger partial charge in [0.1, 0.15) is 0 Å². The van der Waals surface area contributed by atoms with Crippen LogP contribution in [0.25, 0.3) is 0 Å². The fourth-order valence-corrected chi connectivity index (χ4v) is 2.26. The first-order chi connectivity index (χ1) is 6.90. The van der Waals surface area contributed by atoms with Crippen molar-refractivity contribution < 1.29 is 9.47 Å². The summed E-state index contributed by atoms with van der Waals surface area (Å²) >= 11 is 1.72. The molecule has 0 amide bonds. The number of hydrogen-bond donors (Lipinski definition) is 0. The Morgan fingerprint density at radius 2 is 1.86 bits per heavy atom. The van der Waals surface area contributed by atoms with Crippen LogP contribution in [0.3, 0.4) is 0 Å². The summed E-state index contributed by atoms with van der Waals surface area (Å²) in [7, 11) is 0. The SMILES string of the molecule is CCCCSC1Oc2ccccc2O1. The molecule has 1 aromatic carbocycles. The summed E-state index contributed by atoms with van der Waals surface area (Å²) in [6.07, 6.45) is 2.43. The summed E-state index contributed by atoms with van der Waals surface area (Å²) in [5.74, 6) is 2.82. The number of benzene rings is 1. The number of rotatable bonds is 4. The smallest absolute Gasteiger partial charge is 0.291 e. The first kappa shape index (κ1) is 9.71. The first-order valence-corrected chi connectivity index (χ1v) is 5.99. The van der Waals surface area contributed by atoms with Crippen molar-refractivity contribution in [3.63, 3.8) is 0 Å². The van der Waals surface area contributed by atoms with E-state index in [0.717, 1.165) is 17.3 Å². The Balaban J connectivity index is 1.86. The largest absolute Gasteiger partial charge is 0.442 e. The third-order valence-corrected chi connectivity index (χ3v) is 3.04. The van der Waals surface area contributed by atoms with E-state index >= 15 is 0 Å². The second-order valence-corrected chi connectivity index (χ2v) is 4.32. The highest BCUT2D eigenvalue weighted by molar-refractivity contribution is 7.99. The van der Waals surface area contributed by atoms with Crippen LogP contribution in [0.5, 0.6) is 11.5 Å². The van der Waals surface area contributed by atoms with Gasteiger partial charge in [-0.2, -0.15) is 0 Å².